The van der Waals surface area contributed by atoms with Gasteiger partial charge in [0.05, 0.1) is 23.5 Å². The van der Waals surface area contributed by atoms with Gasteiger partial charge in [0.25, 0.3) is 5.69 Å². The number of hydrogen-bond acceptors (Lipinski definition) is 6. The number of methoxy groups -OCH3 is 1. The number of nitro benzene ring substituents is 1. The summed E-state index contributed by atoms with van der Waals surface area (Å²) in [6, 6.07) is 11.7. The molecule has 1 heterocycles. The monoisotopic (exact) mass is 357 g/mol. The number of fused-ring (bicyclic) bond motifs is 1. The molecule has 0 saturated heterocycles. The molecule has 1 aliphatic rings. The summed E-state index contributed by atoms with van der Waals surface area (Å²) in [6.45, 7) is 1.82. The van der Waals surface area contributed by atoms with Gasteiger partial charge >= 0.3 is 5.97 Å². The molecule has 2 aromatic rings. The third kappa shape index (κ3) is 3.61. The van der Waals surface area contributed by atoms with Crippen molar-refractivity contribution in [3.05, 3.63) is 63.7 Å². The van der Waals surface area contributed by atoms with E-state index in [9.17, 15) is 14.9 Å². The number of hydrogen-bond donors (Lipinski definition) is 0. The lowest BCUT2D eigenvalue weighted by molar-refractivity contribution is -0.386. The molecule has 0 spiro atoms. The quantitative estimate of drug-likeness (QED) is 0.463. The molecule has 3 rings (SSSR count). The summed E-state index contributed by atoms with van der Waals surface area (Å²) in [4.78, 5) is 23.2. The van der Waals surface area contributed by atoms with Crippen molar-refractivity contribution < 1.29 is 23.9 Å². The predicted octanol–water partition coefficient (Wildman–Crippen LogP) is 3.46. The largest absolute Gasteiger partial charge is 0.497 e. The Morgan fingerprint density at radius 1 is 1.31 bits per heavy atom. The molecule has 2 aromatic carbocycles. The summed E-state index contributed by atoms with van der Waals surface area (Å²) in [5.74, 6) is 0.494. The average molecular weight is 357 g/mol. The maximum atomic E-state index is 12.5. The van der Waals surface area contributed by atoms with Gasteiger partial charge in [-0.25, -0.2) is 0 Å². The van der Waals surface area contributed by atoms with Crippen LogP contribution in [-0.2, 0) is 16.0 Å². The van der Waals surface area contributed by atoms with Crippen molar-refractivity contribution in [3.8, 4) is 11.5 Å². The Morgan fingerprint density at radius 3 is 2.81 bits per heavy atom. The summed E-state index contributed by atoms with van der Waals surface area (Å²) in [5.41, 5.74) is 1.20. The van der Waals surface area contributed by atoms with Crippen molar-refractivity contribution in [3.63, 3.8) is 0 Å². The number of rotatable bonds is 5. The van der Waals surface area contributed by atoms with E-state index in [0.717, 1.165) is 5.56 Å². The molecule has 7 heteroatoms. The summed E-state index contributed by atoms with van der Waals surface area (Å²) >= 11 is 0. The first-order valence-electron chi connectivity index (χ1n) is 8.23. The fourth-order valence-electron chi connectivity index (χ4n) is 2.96. The number of esters is 1. The summed E-state index contributed by atoms with van der Waals surface area (Å²) in [6.07, 6.45) is -0.233. The molecule has 0 radical (unpaired) electrons. The second-order valence-electron chi connectivity index (χ2n) is 6.08. The van der Waals surface area contributed by atoms with Crippen LogP contribution in [0.25, 0.3) is 0 Å². The first kappa shape index (κ1) is 17.7. The van der Waals surface area contributed by atoms with Crippen LogP contribution in [0.3, 0.4) is 0 Å². The van der Waals surface area contributed by atoms with E-state index in [1.54, 1.807) is 38.3 Å². The van der Waals surface area contributed by atoms with Crippen LogP contribution in [0.4, 0.5) is 5.69 Å². The van der Waals surface area contributed by atoms with Gasteiger partial charge in [-0.2, -0.15) is 0 Å². The van der Waals surface area contributed by atoms with Crippen molar-refractivity contribution in [2.24, 2.45) is 5.92 Å². The molecule has 2 unspecified atom stereocenters. The van der Waals surface area contributed by atoms with E-state index in [-0.39, 0.29) is 12.3 Å². The zero-order valence-electron chi connectivity index (χ0n) is 14.5. The van der Waals surface area contributed by atoms with E-state index in [1.807, 2.05) is 12.1 Å². The Balaban J connectivity index is 1.70. The van der Waals surface area contributed by atoms with E-state index in [0.29, 0.717) is 23.5 Å². The fraction of sp³-hybridized carbons (Fsp3) is 0.316. The van der Waals surface area contributed by atoms with Gasteiger partial charge in [0, 0.05) is 12.1 Å². The van der Waals surface area contributed by atoms with Gasteiger partial charge in [0.2, 0.25) is 0 Å². The van der Waals surface area contributed by atoms with Crippen LogP contribution in [0.1, 0.15) is 24.2 Å². The molecule has 136 valence electrons. The minimum absolute atomic E-state index is 0.0647. The van der Waals surface area contributed by atoms with Gasteiger partial charge < -0.3 is 14.2 Å². The fourth-order valence-corrected chi connectivity index (χ4v) is 2.96. The van der Waals surface area contributed by atoms with Gasteiger partial charge in [0.1, 0.15) is 24.2 Å². The third-order valence-corrected chi connectivity index (χ3v) is 4.38. The highest BCUT2D eigenvalue weighted by molar-refractivity contribution is 5.74. The molecule has 1 aliphatic heterocycles. The Kier molecular flexibility index (Phi) is 5.06. The first-order chi connectivity index (χ1) is 12.5. The van der Waals surface area contributed by atoms with Crippen LogP contribution in [0.5, 0.6) is 11.5 Å². The lowest BCUT2D eigenvalue weighted by atomic mass is 9.96. The third-order valence-electron chi connectivity index (χ3n) is 4.38. The second kappa shape index (κ2) is 7.43. The number of nitrogens with zero attached hydrogens (tertiary/aromatic N) is 1. The number of nitro groups is 1. The van der Waals surface area contributed by atoms with Crippen molar-refractivity contribution in [1.82, 2.24) is 0 Å². The smallest absolute Gasteiger partial charge is 0.313 e. The zero-order chi connectivity index (χ0) is 18.7. The number of carbonyl (C=O) groups excluding carboxylic acids is 1. The molecular weight excluding hydrogens is 338 g/mol. The standard InChI is InChI=1S/C19H19NO6/c1-12(16-5-3-4-6-17(16)20(22)23)26-19(21)14-9-13-7-8-15(24-2)10-18(13)25-11-14/h3-8,10,12,14H,9,11H2,1-2H3. The SMILES string of the molecule is COc1ccc2c(c1)OCC(C(=O)OC(C)c1ccccc1[N+](=O)[O-])C2. The predicted molar refractivity (Wildman–Crippen MR) is 93.3 cm³/mol. The molecule has 0 saturated carbocycles. The molecule has 0 aliphatic carbocycles. The van der Waals surface area contributed by atoms with E-state index in [4.69, 9.17) is 14.2 Å². The number of carbonyl (C=O) groups is 1. The molecule has 7 nitrogen and oxygen atoms in total. The van der Waals surface area contributed by atoms with Crippen LogP contribution < -0.4 is 9.47 Å². The summed E-state index contributed by atoms with van der Waals surface area (Å²) in [7, 11) is 1.58. The molecule has 0 bridgehead atoms. The molecular formula is C19H19NO6. The summed E-state index contributed by atoms with van der Waals surface area (Å²) in [5, 5.41) is 11.1. The minimum Gasteiger partial charge on any atom is -0.497 e. The number of para-hydroxylation sites is 1. The highest BCUT2D eigenvalue weighted by atomic mass is 16.6. The van der Waals surface area contributed by atoms with Crippen LogP contribution >= 0.6 is 0 Å². The Labute approximate surface area is 150 Å². The molecule has 26 heavy (non-hydrogen) atoms. The van der Waals surface area contributed by atoms with Crippen molar-refractivity contribution in [1.29, 1.82) is 0 Å². The van der Waals surface area contributed by atoms with E-state index in [1.165, 1.54) is 6.07 Å². The lowest BCUT2D eigenvalue weighted by Crippen LogP contribution is -2.30. The first-order valence-corrected chi connectivity index (χ1v) is 8.23. The lowest BCUT2D eigenvalue weighted by Gasteiger charge is -2.25. The highest BCUT2D eigenvalue weighted by Gasteiger charge is 2.30. The van der Waals surface area contributed by atoms with Crippen molar-refractivity contribution in [2.75, 3.05) is 13.7 Å². The maximum Gasteiger partial charge on any atom is 0.313 e. The Bertz CT molecular complexity index is 835. The highest BCUT2D eigenvalue weighted by Crippen LogP contribution is 2.33. The van der Waals surface area contributed by atoms with E-state index < -0.39 is 22.9 Å². The molecule has 0 amide bonds. The number of benzene rings is 2. The van der Waals surface area contributed by atoms with Crippen LogP contribution in [0, 0.1) is 16.0 Å². The van der Waals surface area contributed by atoms with Crippen LogP contribution in [-0.4, -0.2) is 24.6 Å². The summed E-state index contributed by atoms with van der Waals surface area (Å²) < 4.78 is 16.3. The molecule has 0 fully saturated rings. The van der Waals surface area contributed by atoms with Gasteiger partial charge in [-0.15, -0.1) is 0 Å². The van der Waals surface area contributed by atoms with Gasteiger partial charge in [-0.3, -0.25) is 14.9 Å². The van der Waals surface area contributed by atoms with Gasteiger partial charge in [-0.05, 0) is 31.0 Å². The van der Waals surface area contributed by atoms with Crippen LogP contribution in [0.15, 0.2) is 42.5 Å². The Hall–Kier alpha value is -3.09. The van der Waals surface area contributed by atoms with Crippen molar-refractivity contribution >= 4 is 11.7 Å². The van der Waals surface area contributed by atoms with Crippen molar-refractivity contribution in [2.45, 2.75) is 19.4 Å². The molecule has 2 atom stereocenters. The second-order valence-corrected chi connectivity index (χ2v) is 6.08. The molecule has 0 N–H and O–H groups in total. The normalized spacial score (nSPS) is 16.8. The minimum atomic E-state index is -0.721. The zero-order valence-corrected chi connectivity index (χ0v) is 14.5. The topological polar surface area (TPSA) is 87.9 Å². The number of ether oxygens (including phenoxy) is 3. The average Bonchev–Trinajstić information content (AvgIpc) is 2.66. The maximum absolute atomic E-state index is 12.5. The van der Waals surface area contributed by atoms with Gasteiger partial charge in [-0.1, -0.05) is 18.2 Å². The Morgan fingerprint density at radius 2 is 2.08 bits per heavy atom. The van der Waals surface area contributed by atoms with E-state index >= 15 is 0 Å². The molecule has 0 aromatic heterocycles. The van der Waals surface area contributed by atoms with E-state index in [2.05, 4.69) is 0 Å². The van der Waals surface area contributed by atoms with Gasteiger partial charge in [0.15, 0.2) is 0 Å². The van der Waals surface area contributed by atoms with Crippen LogP contribution in [0.2, 0.25) is 0 Å².